The molecule has 1 aromatic carbocycles. The lowest BCUT2D eigenvalue weighted by molar-refractivity contribution is -0.661. The minimum atomic E-state index is -2.02. The van der Waals surface area contributed by atoms with Crippen molar-refractivity contribution in [3.63, 3.8) is 0 Å². The fraction of sp³-hybridized carbons (Fsp3) is 0.560. The standard InChI is InChI=1S/C25H36N/c1-17-14-18(23(2,3)4)10-11-19(17)22-15-20-21(16-26(22)9)25(7,8)13-12-24(20,5)6/h10-11,14-16H,12-13H2,1-9H3/q+1/i12D2,13D2. The fourth-order valence-corrected chi connectivity index (χ4v) is 3.80. The molecule has 1 aliphatic carbocycles. The largest absolute Gasteiger partial charge is 0.212 e. The monoisotopic (exact) mass is 354 g/mol. The topological polar surface area (TPSA) is 3.88 Å². The molecule has 0 saturated heterocycles. The van der Waals surface area contributed by atoms with Gasteiger partial charge in [-0.2, -0.15) is 0 Å². The summed E-state index contributed by atoms with van der Waals surface area (Å²) in [6.07, 6.45) is -2.01. The number of rotatable bonds is 1. The number of hydrogen-bond donors (Lipinski definition) is 0. The Labute approximate surface area is 166 Å². The van der Waals surface area contributed by atoms with E-state index in [-0.39, 0.29) is 5.41 Å². The Morgan fingerprint density at radius 2 is 1.54 bits per heavy atom. The highest BCUT2D eigenvalue weighted by Crippen LogP contribution is 2.46. The third kappa shape index (κ3) is 3.21. The second kappa shape index (κ2) is 5.94. The van der Waals surface area contributed by atoms with Gasteiger partial charge < -0.3 is 0 Å². The first kappa shape index (κ1) is 14.4. The molecule has 26 heavy (non-hydrogen) atoms. The second-order valence-electron chi connectivity index (χ2n) is 9.88. The van der Waals surface area contributed by atoms with E-state index in [4.69, 9.17) is 5.48 Å². The predicted molar refractivity (Wildman–Crippen MR) is 112 cm³/mol. The Kier molecular flexibility index (Phi) is 3.30. The van der Waals surface area contributed by atoms with Crippen LogP contribution in [0.25, 0.3) is 11.3 Å². The van der Waals surface area contributed by atoms with Gasteiger partial charge in [0.05, 0.1) is 0 Å². The van der Waals surface area contributed by atoms with Gasteiger partial charge in [0, 0.05) is 22.7 Å². The molecule has 1 aliphatic rings. The van der Waals surface area contributed by atoms with Crippen molar-refractivity contribution in [3.8, 4) is 11.3 Å². The second-order valence-corrected chi connectivity index (χ2v) is 9.88. The van der Waals surface area contributed by atoms with Crippen molar-refractivity contribution in [2.45, 2.75) is 84.4 Å². The summed E-state index contributed by atoms with van der Waals surface area (Å²) < 4.78 is 37.0. The van der Waals surface area contributed by atoms with Gasteiger partial charge in [-0.3, -0.25) is 0 Å². The van der Waals surface area contributed by atoms with E-state index in [1.165, 1.54) is 11.1 Å². The van der Waals surface area contributed by atoms with Crippen molar-refractivity contribution in [2.24, 2.45) is 7.05 Å². The first-order valence-electron chi connectivity index (χ1n) is 11.5. The zero-order valence-electron chi connectivity index (χ0n) is 21.8. The lowest BCUT2D eigenvalue weighted by Gasteiger charge is -2.40. The molecule has 0 saturated carbocycles. The van der Waals surface area contributed by atoms with Crippen molar-refractivity contribution in [1.29, 1.82) is 0 Å². The van der Waals surface area contributed by atoms with Crippen molar-refractivity contribution < 1.29 is 10.1 Å². The molecule has 0 unspecified atom stereocenters. The van der Waals surface area contributed by atoms with Crippen LogP contribution in [0.4, 0.5) is 0 Å². The maximum Gasteiger partial charge on any atom is 0.212 e. The molecule has 0 atom stereocenters. The molecule has 1 nitrogen and oxygen atoms in total. The van der Waals surface area contributed by atoms with E-state index in [9.17, 15) is 0 Å². The summed E-state index contributed by atoms with van der Waals surface area (Å²) in [7, 11) is 1.99. The number of fused-ring (bicyclic) bond motifs is 1. The lowest BCUT2D eigenvalue weighted by atomic mass is 9.63. The smallest absolute Gasteiger partial charge is 0.201 e. The molecular weight excluding hydrogens is 314 g/mol. The van der Waals surface area contributed by atoms with Crippen molar-refractivity contribution in [1.82, 2.24) is 0 Å². The Morgan fingerprint density at radius 3 is 2.08 bits per heavy atom. The van der Waals surface area contributed by atoms with Gasteiger partial charge in [-0.05, 0) is 58.7 Å². The molecule has 1 heterocycles. The van der Waals surface area contributed by atoms with E-state index in [1.54, 1.807) is 0 Å². The molecule has 0 spiro atoms. The Bertz CT molecular complexity index is 1010. The molecule has 0 radical (unpaired) electrons. The third-order valence-corrected chi connectivity index (χ3v) is 5.68. The van der Waals surface area contributed by atoms with Gasteiger partial charge in [-0.25, -0.2) is 4.57 Å². The number of nitrogens with zero attached hydrogens (tertiary/aromatic N) is 1. The minimum absolute atomic E-state index is 0.0783. The van der Waals surface area contributed by atoms with Crippen LogP contribution in [-0.2, 0) is 23.3 Å². The number of hydrogen-bond acceptors (Lipinski definition) is 0. The highest BCUT2D eigenvalue weighted by molar-refractivity contribution is 5.64. The van der Waals surface area contributed by atoms with E-state index in [1.807, 2.05) is 40.9 Å². The molecule has 3 rings (SSSR count). The summed E-state index contributed by atoms with van der Waals surface area (Å²) in [5, 5.41) is 0. The van der Waals surface area contributed by atoms with Gasteiger partial charge in [0.1, 0.15) is 7.05 Å². The van der Waals surface area contributed by atoms with Crippen molar-refractivity contribution in [3.05, 3.63) is 52.7 Å². The highest BCUT2D eigenvalue weighted by Gasteiger charge is 2.39. The number of aryl methyl sites for hydroxylation is 2. The molecule has 0 aliphatic heterocycles. The van der Waals surface area contributed by atoms with Crippen LogP contribution < -0.4 is 4.57 Å². The number of pyridine rings is 1. The maximum atomic E-state index is 8.77. The summed E-state index contributed by atoms with van der Waals surface area (Å²) in [5.41, 5.74) is 4.54. The molecule has 2 aromatic rings. The number of benzene rings is 1. The van der Waals surface area contributed by atoms with Crippen LogP contribution in [0.3, 0.4) is 0 Å². The van der Waals surface area contributed by atoms with Crippen LogP contribution in [0, 0.1) is 6.92 Å². The summed E-state index contributed by atoms with van der Waals surface area (Å²) in [6.45, 7) is 16.1. The summed E-state index contributed by atoms with van der Waals surface area (Å²) in [4.78, 5) is 0. The van der Waals surface area contributed by atoms with Crippen LogP contribution in [0.1, 0.15) is 88.9 Å². The molecule has 0 amide bonds. The van der Waals surface area contributed by atoms with E-state index in [2.05, 4.69) is 56.5 Å². The molecule has 140 valence electrons. The molecule has 1 aromatic heterocycles. The summed E-state index contributed by atoms with van der Waals surface area (Å²) in [5.74, 6) is 0. The third-order valence-electron chi connectivity index (χ3n) is 5.68. The zero-order valence-corrected chi connectivity index (χ0v) is 17.8. The first-order valence-corrected chi connectivity index (χ1v) is 9.53. The van der Waals surface area contributed by atoms with E-state index in [0.29, 0.717) is 0 Å². The summed E-state index contributed by atoms with van der Waals surface area (Å²) >= 11 is 0. The lowest BCUT2D eigenvalue weighted by Crippen LogP contribution is -2.40. The van der Waals surface area contributed by atoms with Crippen LogP contribution in [0.2, 0.25) is 0 Å². The highest BCUT2D eigenvalue weighted by atomic mass is 14.9. The quantitative estimate of drug-likeness (QED) is 0.542. The van der Waals surface area contributed by atoms with Gasteiger partial charge in [-0.1, -0.05) is 60.6 Å². The average Bonchev–Trinajstić information content (AvgIpc) is 2.59. The van der Waals surface area contributed by atoms with Gasteiger partial charge in [-0.15, -0.1) is 0 Å². The SMILES string of the molecule is [2H]C1([2H])C(C)(C)c2cc(-c3ccc(C(C)(C)C)cc3C)[n+](C)cc2C(C)(C)C1([2H])[2H]. The normalized spacial score (nSPS) is 24.7. The summed E-state index contributed by atoms with van der Waals surface area (Å²) in [6, 6.07) is 8.66. The fourth-order valence-electron chi connectivity index (χ4n) is 3.80. The van der Waals surface area contributed by atoms with Crippen LogP contribution in [-0.4, -0.2) is 0 Å². The van der Waals surface area contributed by atoms with Gasteiger partial charge in [0.25, 0.3) is 0 Å². The van der Waals surface area contributed by atoms with E-state index < -0.39 is 23.6 Å². The van der Waals surface area contributed by atoms with E-state index in [0.717, 1.165) is 22.4 Å². The Morgan fingerprint density at radius 1 is 0.962 bits per heavy atom. The van der Waals surface area contributed by atoms with Crippen molar-refractivity contribution >= 4 is 0 Å². The Balaban J connectivity index is 2.30. The first-order chi connectivity index (χ1) is 13.4. The maximum absolute atomic E-state index is 8.77. The van der Waals surface area contributed by atoms with Gasteiger partial charge >= 0.3 is 0 Å². The molecular formula is C25H36N+. The van der Waals surface area contributed by atoms with Crippen LogP contribution in [0.5, 0.6) is 0 Å². The average molecular weight is 355 g/mol. The molecule has 0 bridgehead atoms. The molecule has 0 fully saturated rings. The van der Waals surface area contributed by atoms with Crippen LogP contribution >= 0.6 is 0 Å². The minimum Gasteiger partial charge on any atom is -0.201 e. The van der Waals surface area contributed by atoms with Crippen LogP contribution in [0.15, 0.2) is 30.5 Å². The Hall–Kier alpha value is -1.63. The molecule has 1 heteroatoms. The number of aromatic nitrogens is 1. The van der Waals surface area contributed by atoms with Crippen molar-refractivity contribution in [2.75, 3.05) is 0 Å². The van der Waals surface area contributed by atoms with Gasteiger partial charge in [0.2, 0.25) is 5.69 Å². The predicted octanol–water partition coefficient (Wildman–Crippen LogP) is 6.13. The van der Waals surface area contributed by atoms with E-state index >= 15 is 0 Å². The molecule has 0 N–H and O–H groups in total. The zero-order chi connectivity index (χ0) is 23.1. The van der Waals surface area contributed by atoms with Gasteiger partial charge in [0.15, 0.2) is 6.20 Å².